The van der Waals surface area contributed by atoms with Crippen LogP contribution < -0.4 is 5.32 Å². The summed E-state index contributed by atoms with van der Waals surface area (Å²) in [5, 5.41) is 2.85. The number of nitrogens with one attached hydrogen (secondary N) is 1. The topological polar surface area (TPSA) is 38.3 Å². The maximum atomic E-state index is 13.4. The van der Waals surface area contributed by atoms with Crippen LogP contribution in [0.2, 0.25) is 0 Å². The molecule has 0 bridgehead atoms. The van der Waals surface area contributed by atoms with Crippen molar-refractivity contribution in [3.8, 4) is 0 Å². The van der Waals surface area contributed by atoms with Crippen molar-refractivity contribution in [2.24, 2.45) is 0 Å². The van der Waals surface area contributed by atoms with Crippen LogP contribution in [-0.2, 0) is 16.1 Å². The fourth-order valence-corrected chi connectivity index (χ4v) is 1.38. The lowest BCUT2D eigenvalue weighted by molar-refractivity contribution is -0.149. The maximum Gasteiger partial charge on any atom is 0.325 e. The molecule has 1 N–H and O–H groups in total. The van der Waals surface area contributed by atoms with Crippen molar-refractivity contribution in [2.75, 3.05) is 6.61 Å². The van der Waals surface area contributed by atoms with Gasteiger partial charge in [-0.25, -0.2) is 8.78 Å². The SMILES string of the molecule is CCOC(=O)C(C)(C)NCc1cc(F)ccc1F. The highest BCUT2D eigenvalue weighted by Gasteiger charge is 2.28. The second kappa shape index (κ2) is 5.91. The van der Waals surface area contributed by atoms with Crippen LogP contribution >= 0.6 is 0 Å². The van der Waals surface area contributed by atoms with E-state index in [1.165, 1.54) is 0 Å². The molecule has 0 heterocycles. The van der Waals surface area contributed by atoms with E-state index in [4.69, 9.17) is 4.74 Å². The van der Waals surface area contributed by atoms with Crippen molar-refractivity contribution in [1.29, 1.82) is 0 Å². The molecule has 1 aromatic rings. The molecule has 3 nitrogen and oxygen atoms in total. The maximum absolute atomic E-state index is 13.4. The molecule has 0 aliphatic heterocycles. The molecular weight excluding hydrogens is 240 g/mol. The van der Waals surface area contributed by atoms with Gasteiger partial charge in [-0.3, -0.25) is 10.1 Å². The second-order valence-corrected chi connectivity index (χ2v) is 4.43. The summed E-state index contributed by atoms with van der Waals surface area (Å²) in [6.07, 6.45) is 0. The molecule has 1 rings (SSSR count). The molecular formula is C13H17F2NO2. The molecule has 0 saturated heterocycles. The third kappa shape index (κ3) is 3.77. The van der Waals surface area contributed by atoms with Gasteiger partial charge in [0.1, 0.15) is 17.2 Å². The average Bonchev–Trinajstić information content (AvgIpc) is 2.31. The van der Waals surface area contributed by atoms with Crippen molar-refractivity contribution in [2.45, 2.75) is 32.9 Å². The van der Waals surface area contributed by atoms with Gasteiger partial charge in [0, 0.05) is 12.1 Å². The number of hydrogen-bond donors (Lipinski definition) is 1. The minimum absolute atomic E-state index is 0.0510. The Bertz CT molecular complexity index is 433. The number of rotatable bonds is 5. The van der Waals surface area contributed by atoms with Gasteiger partial charge in [-0.1, -0.05) is 0 Å². The summed E-state index contributed by atoms with van der Waals surface area (Å²) in [5.41, 5.74) is -0.776. The Morgan fingerprint density at radius 3 is 2.67 bits per heavy atom. The van der Waals surface area contributed by atoms with E-state index in [1.54, 1.807) is 20.8 Å². The lowest BCUT2D eigenvalue weighted by atomic mass is 10.1. The summed E-state index contributed by atoms with van der Waals surface area (Å²) in [7, 11) is 0. The third-order valence-electron chi connectivity index (χ3n) is 2.51. The summed E-state index contributed by atoms with van der Waals surface area (Å²) >= 11 is 0. The lowest BCUT2D eigenvalue weighted by Gasteiger charge is -2.24. The smallest absolute Gasteiger partial charge is 0.325 e. The number of hydrogen-bond acceptors (Lipinski definition) is 3. The van der Waals surface area contributed by atoms with Crippen LogP contribution in [0.1, 0.15) is 26.3 Å². The van der Waals surface area contributed by atoms with Gasteiger partial charge in [0.05, 0.1) is 6.61 Å². The molecule has 0 radical (unpaired) electrons. The second-order valence-electron chi connectivity index (χ2n) is 4.43. The Labute approximate surface area is 105 Å². The van der Waals surface area contributed by atoms with Crippen LogP contribution in [-0.4, -0.2) is 18.1 Å². The number of carbonyl (C=O) groups excluding carboxylic acids is 1. The first-order valence-corrected chi connectivity index (χ1v) is 5.73. The Morgan fingerprint density at radius 2 is 2.06 bits per heavy atom. The van der Waals surface area contributed by atoms with Crippen LogP contribution in [0.5, 0.6) is 0 Å². The van der Waals surface area contributed by atoms with Crippen molar-refractivity contribution in [3.63, 3.8) is 0 Å². The van der Waals surface area contributed by atoms with E-state index in [2.05, 4.69) is 5.32 Å². The predicted molar refractivity (Wildman–Crippen MR) is 63.9 cm³/mol. The van der Waals surface area contributed by atoms with E-state index < -0.39 is 23.1 Å². The molecule has 5 heteroatoms. The summed E-state index contributed by atoms with van der Waals surface area (Å²) in [5.74, 6) is -1.45. The fraction of sp³-hybridized carbons (Fsp3) is 0.462. The van der Waals surface area contributed by atoms with Gasteiger partial charge in [-0.2, -0.15) is 0 Å². The predicted octanol–water partition coefficient (Wildman–Crippen LogP) is 2.40. The van der Waals surface area contributed by atoms with Gasteiger partial charge >= 0.3 is 5.97 Å². The summed E-state index contributed by atoms with van der Waals surface area (Å²) in [4.78, 5) is 11.6. The zero-order chi connectivity index (χ0) is 13.8. The standard InChI is InChI=1S/C13H17F2NO2/c1-4-18-12(17)13(2,3)16-8-9-7-10(14)5-6-11(9)15/h5-7,16H,4,8H2,1-3H3. The average molecular weight is 257 g/mol. The first-order chi connectivity index (χ1) is 8.36. The van der Waals surface area contributed by atoms with Gasteiger partial charge in [0.25, 0.3) is 0 Å². The van der Waals surface area contributed by atoms with Gasteiger partial charge in [0.2, 0.25) is 0 Å². The van der Waals surface area contributed by atoms with Crippen LogP contribution in [0, 0.1) is 11.6 Å². The Kier molecular flexibility index (Phi) is 4.78. The third-order valence-corrected chi connectivity index (χ3v) is 2.51. The van der Waals surface area contributed by atoms with Crippen molar-refractivity contribution >= 4 is 5.97 Å². The lowest BCUT2D eigenvalue weighted by Crippen LogP contribution is -2.47. The van der Waals surface area contributed by atoms with Gasteiger partial charge in [-0.15, -0.1) is 0 Å². The Morgan fingerprint density at radius 1 is 1.39 bits per heavy atom. The number of halogens is 2. The molecule has 1 aromatic carbocycles. The minimum atomic E-state index is -0.950. The zero-order valence-corrected chi connectivity index (χ0v) is 10.7. The summed E-state index contributed by atoms with van der Waals surface area (Å²) in [6.45, 7) is 5.29. The molecule has 0 fully saturated rings. The Balaban J connectivity index is 2.69. The highest BCUT2D eigenvalue weighted by atomic mass is 19.1. The van der Waals surface area contributed by atoms with Gasteiger partial charge < -0.3 is 4.74 Å². The first-order valence-electron chi connectivity index (χ1n) is 5.73. The van der Waals surface area contributed by atoms with E-state index in [1.807, 2.05) is 0 Å². The van der Waals surface area contributed by atoms with Crippen molar-refractivity contribution in [3.05, 3.63) is 35.4 Å². The largest absolute Gasteiger partial charge is 0.465 e. The van der Waals surface area contributed by atoms with Crippen LogP contribution in [0.15, 0.2) is 18.2 Å². The zero-order valence-electron chi connectivity index (χ0n) is 10.7. The van der Waals surface area contributed by atoms with Crippen LogP contribution in [0.3, 0.4) is 0 Å². The molecule has 0 amide bonds. The normalized spacial score (nSPS) is 11.4. The molecule has 0 spiro atoms. The number of benzene rings is 1. The van der Waals surface area contributed by atoms with E-state index >= 15 is 0 Å². The molecule has 0 saturated carbocycles. The molecule has 0 unspecified atom stereocenters. The number of carbonyl (C=O) groups is 1. The van der Waals surface area contributed by atoms with E-state index in [-0.39, 0.29) is 18.7 Å². The molecule has 0 aliphatic rings. The van der Waals surface area contributed by atoms with Gasteiger partial charge in [-0.05, 0) is 39.0 Å². The molecule has 18 heavy (non-hydrogen) atoms. The van der Waals surface area contributed by atoms with E-state index in [0.717, 1.165) is 18.2 Å². The highest BCUT2D eigenvalue weighted by Crippen LogP contribution is 2.12. The molecule has 0 aliphatic carbocycles. The molecule has 0 atom stereocenters. The Hall–Kier alpha value is -1.49. The summed E-state index contributed by atoms with van der Waals surface area (Å²) in [6, 6.07) is 3.21. The van der Waals surface area contributed by atoms with Crippen molar-refractivity contribution < 1.29 is 18.3 Å². The van der Waals surface area contributed by atoms with Gasteiger partial charge in [0.15, 0.2) is 0 Å². The summed E-state index contributed by atoms with van der Waals surface area (Å²) < 4.78 is 31.2. The minimum Gasteiger partial charge on any atom is -0.465 e. The first kappa shape index (κ1) is 14.6. The van der Waals surface area contributed by atoms with Crippen molar-refractivity contribution in [1.82, 2.24) is 5.32 Å². The van der Waals surface area contributed by atoms with E-state index in [9.17, 15) is 13.6 Å². The fourth-order valence-electron chi connectivity index (χ4n) is 1.38. The number of ether oxygens (including phenoxy) is 1. The number of esters is 1. The molecule has 0 aromatic heterocycles. The van der Waals surface area contributed by atoms with Crippen LogP contribution in [0.25, 0.3) is 0 Å². The highest BCUT2D eigenvalue weighted by molar-refractivity contribution is 5.79. The molecule has 100 valence electrons. The monoisotopic (exact) mass is 257 g/mol. The van der Waals surface area contributed by atoms with Crippen LogP contribution in [0.4, 0.5) is 8.78 Å². The van der Waals surface area contributed by atoms with E-state index in [0.29, 0.717) is 0 Å². The quantitative estimate of drug-likeness (QED) is 0.823.